The van der Waals surface area contributed by atoms with Crippen molar-refractivity contribution >= 4 is 0 Å². The van der Waals surface area contributed by atoms with Crippen LogP contribution in [0.5, 0.6) is 0 Å². The quantitative estimate of drug-likeness (QED) is 0.566. The first kappa shape index (κ1) is 7.37. The molecule has 12 heavy (non-hydrogen) atoms. The first-order valence-corrected chi connectivity index (χ1v) is 5.59. The zero-order valence-corrected chi connectivity index (χ0v) is 7.89. The van der Waals surface area contributed by atoms with Crippen LogP contribution in [0.15, 0.2) is 0 Å². The molecule has 4 aliphatic rings. The Bertz CT molecular complexity index is 183. The Hall–Kier alpha value is -0.0400. The summed E-state index contributed by atoms with van der Waals surface area (Å²) in [6, 6.07) is 0. The third kappa shape index (κ3) is 1.02. The molecule has 4 aliphatic carbocycles. The zero-order valence-electron chi connectivity index (χ0n) is 7.89. The molecule has 1 nitrogen and oxygen atoms in total. The highest BCUT2D eigenvalue weighted by Gasteiger charge is 2.48. The minimum atomic E-state index is 0.535. The summed E-state index contributed by atoms with van der Waals surface area (Å²) < 4.78 is 0. The maximum Gasteiger partial charge on any atom is 0.0953 e. The minimum absolute atomic E-state index is 0.535. The first-order valence-electron chi connectivity index (χ1n) is 5.59. The molecule has 3 N–H and O–H groups in total. The standard InChI is InChI=1S/C11H19N/c12-11-5-8-1-2-9(6-11)4-10(3-8)7-11/h8-10H,1-7,12H2/p+1. The molecule has 0 spiro atoms. The molecule has 0 aromatic carbocycles. The molecular formula is C11H20N+. The lowest BCUT2D eigenvalue weighted by Gasteiger charge is -2.43. The van der Waals surface area contributed by atoms with Gasteiger partial charge in [0.1, 0.15) is 0 Å². The van der Waals surface area contributed by atoms with Crippen molar-refractivity contribution in [3.8, 4) is 0 Å². The van der Waals surface area contributed by atoms with Crippen LogP contribution in [0.2, 0.25) is 0 Å². The average Bonchev–Trinajstić information content (AvgIpc) is 2.14. The number of hydrogen-bond acceptors (Lipinski definition) is 0. The normalized spacial score (nSPS) is 57.2. The van der Waals surface area contributed by atoms with Crippen LogP contribution >= 0.6 is 0 Å². The Morgan fingerprint density at radius 2 is 1.33 bits per heavy atom. The molecule has 0 radical (unpaired) electrons. The van der Waals surface area contributed by atoms with Crippen molar-refractivity contribution in [2.24, 2.45) is 17.8 Å². The molecule has 2 atom stereocenters. The van der Waals surface area contributed by atoms with Gasteiger partial charge in [-0.05, 0) is 43.4 Å². The minimum Gasteiger partial charge on any atom is -0.353 e. The van der Waals surface area contributed by atoms with Crippen LogP contribution in [-0.2, 0) is 0 Å². The van der Waals surface area contributed by atoms with Gasteiger partial charge in [0.2, 0.25) is 0 Å². The van der Waals surface area contributed by atoms with E-state index in [1.165, 1.54) is 32.1 Å². The molecule has 4 rings (SSSR count). The third-order valence-electron chi connectivity index (χ3n) is 4.48. The summed E-state index contributed by atoms with van der Waals surface area (Å²) in [5, 5.41) is 0. The van der Waals surface area contributed by atoms with E-state index in [0.29, 0.717) is 5.54 Å². The van der Waals surface area contributed by atoms with E-state index in [1.54, 1.807) is 12.8 Å². The van der Waals surface area contributed by atoms with Gasteiger partial charge in [0.05, 0.1) is 5.54 Å². The predicted molar refractivity (Wildman–Crippen MR) is 48.4 cm³/mol. The largest absolute Gasteiger partial charge is 0.353 e. The second-order valence-corrected chi connectivity index (χ2v) is 5.76. The molecule has 0 aromatic rings. The smallest absolute Gasteiger partial charge is 0.0953 e. The van der Waals surface area contributed by atoms with Crippen molar-refractivity contribution in [3.63, 3.8) is 0 Å². The Morgan fingerprint density at radius 3 is 1.83 bits per heavy atom. The van der Waals surface area contributed by atoms with E-state index in [2.05, 4.69) is 5.73 Å². The molecule has 0 saturated heterocycles. The lowest BCUT2D eigenvalue weighted by Crippen LogP contribution is -2.75. The van der Waals surface area contributed by atoms with Crippen LogP contribution in [0.25, 0.3) is 0 Å². The molecule has 2 unspecified atom stereocenters. The monoisotopic (exact) mass is 166 g/mol. The molecule has 0 aromatic heterocycles. The summed E-state index contributed by atoms with van der Waals surface area (Å²) in [6.07, 6.45) is 10.5. The van der Waals surface area contributed by atoms with Gasteiger partial charge in [-0.25, -0.2) is 0 Å². The Kier molecular flexibility index (Phi) is 1.39. The highest BCUT2D eigenvalue weighted by Crippen LogP contribution is 2.51. The van der Waals surface area contributed by atoms with Crippen LogP contribution < -0.4 is 5.73 Å². The fourth-order valence-corrected chi connectivity index (χ4v) is 4.37. The Labute approximate surface area is 74.7 Å². The molecular weight excluding hydrogens is 146 g/mol. The second kappa shape index (κ2) is 2.25. The highest BCUT2D eigenvalue weighted by atomic mass is 14.8. The summed E-state index contributed by atoms with van der Waals surface area (Å²) in [6.45, 7) is 0. The van der Waals surface area contributed by atoms with Crippen LogP contribution in [0.1, 0.15) is 44.9 Å². The van der Waals surface area contributed by atoms with Gasteiger partial charge in [0.15, 0.2) is 0 Å². The highest BCUT2D eigenvalue weighted by molar-refractivity contribution is 4.98. The van der Waals surface area contributed by atoms with E-state index in [4.69, 9.17) is 0 Å². The summed E-state index contributed by atoms with van der Waals surface area (Å²) >= 11 is 0. The van der Waals surface area contributed by atoms with Crippen LogP contribution in [0.3, 0.4) is 0 Å². The van der Waals surface area contributed by atoms with E-state index in [0.717, 1.165) is 17.8 Å². The van der Waals surface area contributed by atoms with E-state index in [9.17, 15) is 0 Å². The maximum atomic E-state index is 4.49. The molecule has 0 heterocycles. The van der Waals surface area contributed by atoms with Gasteiger partial charge in [0, 0.05) is 19.3 Å². The predicted octanol–water partition coefficient (Wildman–Crippen LogP) is 1.59. The van der Waals surface area contributed by atoms with Gasteiger partial charge < -0.3 is 5.73 Å². The lowest BCUT2D eigenvalue weighted by atomic mass is 9.64. The Balaban J connectivity index is 1.95. The molecule has 0 amide bonds. The van der Waals surface area contributed by atoms with E-state index in [1.807, 2.05) is 0 Å². The van der Waals surface area contributed by atoms with E-state index < -0.39 is 0 Å². The van der Waals surface area contributed by atoms with E-state index in [-0.39, 0.29) is 0 Å². The number of hydrogen-bond donors (Lipinski definition) is 1. The Morgan fingerprint density at radius 1 is 0.833 bits per heavy atom. The molecule has 4 fully saturated rings. The van der Waals surface area contributed by atoms with E-state index >= 15 is 0 Å². The summed E-state index contributed by atoms with van der Waals surface area (Å²) in [5.41, 5.74) is 5.02. The maximum absolute atomic E-state index is 4.49. The summed E-state index contributed by atoms with van der Waals surface area (Å²) in [5.74, 6) is 3.20. The molecule has 1 heteroatoms. The van der Waals surface area contributed by atoms with Crippen LogP contribution in [0.4, 0.5) is 0 Å². The lowest BCUT2D eigenvalue weighted by molar-refractivity contribution is -0.497. The third-order valence-corrected chi connectivity index (χ3v) is 4.48. The summed E-state index contributed by atoms with van der Waals surface area (Å²) in [4.78, 5) is 0. The second-order valence-electron chi connectivity index (χ2n) is 5.76. The fourth-order valence-electron chi connectivity index (χ4n) is 4.37. The average molecular weight is 166 g/mol. The van der Waals surface area contributed by atoms with Gasteiger partial charge >= 0.3 is 0 Å². The van der Waals surface area contributed by atoms with Crippen molar-refractivity contribution in [1.82, 2.24) is 0 Å². The number of rotatable bonds is 0. The van der Waals surface area contributed by atoms with Gasteiger partial charge in [-0.1, -0.05) is 0 Å². The molecule has 68 valence electrons. The van der Waals surface area contributed by atoms with Crippen molar-refractivity contribution in [1.29, 1.82) is 0 Å². The molecule has 4 bridgehead atoms. The van der Waals surface area contributed by atoms with Crippen LogP contribution in [-0.4, -0.2) is 5.54 Å². The number of fused-ring (bicyclic) bond motifs is 1. The first-order chi connectivity index (χ1) is 5.73. The SMILES string of the molecule is [NH3+]C12CC3CCC(CC(C3)C1)C2. The van der Waals surface area contributed by atoms with Crippen molar-refractivity contribution < 1.29 is 5.73 Å². The van der Waals surface area contributed by atoms with Gasteiger partial charge in [-0.2, -0.15) is 0 Å². The van der Waals surface area contributed by atoms with Crippen LogP contribution in [0, 0.1) is 17.8 Å². The fraction of sp³-hybridized carbons (Fsp3) is 1.00. The zero-order chi connectivity index (χ0) is 8.18. The summed E-state index contributed by atoms with van der Waals surface area (Å²) in [7, 11) is 0. The van der Waals surface area contributed by atoms with Crippen molar-refractivity contribution in [3.05, 3.63) is 0 Å². The molecule has 0 aliphatic heterocycles. The van der Waals surface area contributed by atoms with Gasteiger partial charge in [-0.15, -0.1) is 0 Å². The van der Waals surface area contributed by atoms with Gasteiger partial charge in [-0.3, -0.25) is 0 Å². The van der Waals surface area contributed by atoms with Crippen molar-refractivity contribution in [2.75, 3.05) is 0 Å². The van der Waals surface area contributed by atoms with Gasteiger partial charge in [0.25, 0.3) is 0 Å². The number of quaternary nitrogens is 1. The van der Waals surface area contributed by atoms with Crippen molar-refractivity contribution in [2.45, 2.75) is 50.5 Å². The topological polar surface area (TPSA) is 27.6 Å². The molecule has 4 saturated carbocycles.